The molecule has 1 unspecified atom stereocenters. The molecule has 1 spiro atoms. The van der Waals surface area contributed by atoms with Gasteiger partial charge in [-0.3, -0.25) is 14.0 Å². The van der Waals surface area contributed by atoms with Crippen LogP contribution in [0.3, 0.4) is 0 Å². The normalized spacial score (nSPS) is 21.6. The zero-order chi connectivity index (χ0) is 17.7. The standard InChI is InChI=1S/C20H27FN2O2/c21-13-9-19(25)23-14-11-20(12-15-23)10-8-17(20)22-18(24)7-6-16-4-2-1-3-5-16/h1-5,17H,6-15H2,(H,22,24). The molecule has 1 aromatic carbocycles. The van der Waals surface area contributed by atoms with Gasteiger partial charge in [-0.1, -0.05) is 30.3 Å². The highest BCUT2D eigenvalue weighted by molar-refractivity contribution is 5.77. The Morgan fingerprint density at radius 1 is 1.12 bits per heavy atom. The van der Waals surface area contributed by atoms with Crippen LogP contribution in [0.25, 0.3) is 0 Å². The summed E-state index contributed by atoms with van der Waals surface area (Å²) in [6.07, 6.45) is 5.23. The van der Waals surface area contributed by atoms with E-state index in [1.807, 2.05) is 30.3 Å². The lowest BCUT2D eigenvalue weighted by atomic mass is 9.59. The summed E-state index contributed by atoms with van der Waals surface area (Å²) in [6.45, 7) is 0.797. The Kier molecular flexibility index (Phi) is 5.71. The minimum Gasteiger partial charge on any atom is -0.353 e. The maximum atomic E-state index is 12.3. The molecule has 5 heteroatoms. The molecule has 136 valence electrons. The largest absolute Gasteiger partial charge is 0.353 e. The van der Waals surface area contributed by atoms with Crippen molar-refractivity contribution in [3.63, 3.8) is 0 Å². The van der Waals surface area contributed by atoms with Gasteiger partial charge in [0.15, 0.2) is 0 Å². The third kappa shape index (κ3) is 4.20. The van der Waals surface area contributed by atoms with Crippen molar-refractivity contribution in [2.45, 2.75) is 51.0 Å². The van der Waals surface area contributed by atoms with E-state index in [1.54, 1.807) is 4.90 Å². The number of aryl methyl sites for hydroxylation is 1. The zero-order valence-corrected chi connectivity index (χ0v) is 14.7. The summed E-state index contributed by atoms with van der Waals surface area (Å²) in [5.41, 5.74) is 1.33. The maximum absolute atomic E-state index is 12.3. The molecule has 1 saturated heterocycles. The molecular weight excluding hydrogens is 319 g/mol. The number of carbonyl (C=O) groups excluding carboxylic acids is 2. The summed E-state index contributed by atoms with van der Waals surface area (Å²) >= 11 is 0. The average Bonchev–Trinajstić information content (AvgIpc) is 2.65. The Labute approximate surface area is 148 Å². The first-order valence-corrected chi connectivity index (χ1v) is 9.30. The van der Waals surface area contributed by atoms with E-state index in [0.29, 0.717) is 19.5 Å². The second-order valence-electron chi connectivity index (χ2n) is 7.33. The number of hydrogen-bond acceptors (Lipinski definition) is 2. The molecule has 2 aliphatic rings. The topological polar surface area (TPSA) is 49.4 Å². The number of hydrogen-bond donors (Lipinski definition) is 1. The van der Waals surface area contributed by atoms with Gasteiger partial charge < -0.3 is 10.2 Å². The van der Waals surface area contributed by atoms with Crippen molar-refractivity contribution in [3.8, 4) is 0 Å². The molecule has 1 heterocycles. The van der Waals surface area contributed by atoms with Gasteiger partial charge in [0.2, 0.25) is 11.8 Å². The first kappa shape index (κ1) is 17.9. The van der Waals surface area contributed by atoms with Crippen LogP contribution in [0.4, 0.5) is 4.39 Å². The van der Waals surface area contributed by atoms with E-state index < -0.39 is 6.67 Å². The molecule has 0 radical (unpaired) electrons. The SMILES string of the molecule is O=C(CCc1ccccc1)NC1CCC12CCN(C(=O)CCF)CC2. The summed E-state index contributed by atoms with van der Waals surface area (Å²) in [7, 11) is 0. The van der Waals surface area contributed by atoms with Crippen LogP contribution in [-0.4, -0.2) is 42.5 Å². The summed E-state index contributed by atoms with van der Waals surface area (Å²) in [6, 6.07) is 10.3. The van der Waals surface area contributed by atoms with Crippen LogP contribution < -0.4 is 5.32 Å². The van der Waals surface area contributed by atoms with E-state index in [0.717, 1.165) is 32.1 Å². The van der Waals surface area contributed by atoms with Gasteiger partial charge in [-0.05, 0) is 43.1 Å². The second kappa shape index (κ2) is 7.98. The van der Waals surface area contributed by atoms with Crippen molar-refractivity contribution in [1.82, 2.24) is 10.2 Å². The zero-order valence-electron chi connectivity index (χ0n) is 14.7. The molecule has 3 rings (SSSR count). The first-order chi connectivity index (χ1) is 12.1. The average molecular weight is 346 g/mol. The number of amides is 2. The van der Waals surface area contributed by atoms with Crippen molar-refractivity contribution in [1.29, 1.82) is 0 Å². The first-order valence-electron chi connectivity index (χ1n) is 9.30. The van der Waals surface area contributed by atoms with Crippen molar-refractivity contribution in [3.05, 3.63) is 35.9 Å². The summed E-state index contributed by atoms with van der Waals surface area (Å²) in [4.78, 5) is 25.9. The van der Waals surface area contributed by atoms with E-state index >= 15 is 0 Å². The Balaban J connectivity index is 1.45. The van der Waals surface area contributed by atoms with Crippen LogP contribution >= 0.6 is 0 Å². The van der Waals surface area contributed by atoms with E-state index in [2.05, 4.69) is 5.32 Å². The fraction of sp³-hybridized carbons (Fsp3) is 0.600. The molecule has 0 bridgehead atoms. The number of nitrogens with zero attached hydrogens (tertiary/aromatic N) is 1. The maximum Gasteiger partial charge on any atom is 0.225 e. The molecule has 1 atom stereocenters. The second-order valence-corrected chi connectivity index (χ2v) is 7.33. The molecule has 2 amide bonds. The summed E-state index contributed by atoms with van der Waals surface area (Å²) in [5, 5.41) is 3.21. The minimum atomic E-state index is -0.583. The number of nitrogens with one attached hydrogen (secondary N) is 1. The van der Waals surface area contributed by atoms with Gasteiger partial charge in [0.25, 0.3) is 0 Å². The van der Waals surface area contributed by atoms with Crippen molar-refractivity contribution < 1.29 is 14.0 Å². The van der Waals surface area contributed by atoms with Crippen LogP contribution in [0.5, 0.6) is 0 Å². The van der Waals surface area contributed by atoms with Crippen LogP contribution in [0.2, 0.25) is 0 Å². The molecule has 1 aliphatic carbocycles. The molecule has 25 heavy (non-hydrogen) atoms. The lowest BCUT2D eigenvalue weighted by Crippen LogP contribution is -2.59. The lowest BCUT2D eigenvalue weighted by Gasteiger charge is -2.54. The third-order valence-electron chi connectivity index (χ3n) is 5.91. The predicted molar refractivity (Wildman–Crippen MR) is 94.8 cm³/mol. The smallest absolute Gasteiger partial charge is 0.225 e. The van der Waals surface area contributed by atoms with E-state index in [1.165, 1.54) is 5.56 Å². The van der Waals surface area contributed by atoms with Gasteiger partial charge >= 0.3 is 0 Å². The molecule has 2 fully saturated rings. The van der Waals surface area contributed by atoms with Gasteiger partial charge in [-0.25, -0.2) is 0 Å². The van der Waals surface area contributed by atoms with Crippen LogP contribution in [0.15, 0.2) is 30.3 Å². The monoisotopic (exact) mass is 346 g/mol. The molecule has 1 aliphatic heterocycles. The lowest BCUT2D eigenvalue weighted by molar-refractivity contribution is -0.137. The van der Waals surface area contributed by atoms with Gasteiger partial charge in [0.05, 0.1) is 13.1 Å². The van der Waals surface area contributed by atoms with E-state index in [4.69, 9.17) is 0 Å². The highest BCUT2D eigenvalue weighted by Gasteiger charge is 2.49. The molecular formula is C20H27FN2O2. The number of halogens is 1. The molecule has 0 aromatic heterocycles. The van der Waals surface area contributed by atoms with Crippen molar-refractivity contribution in [2.24, 2.45) is 5.41 Å². The Morgan fingerprint density at radius 2 is 1.84 bits per heavy atom. The quantitative estimate of drug-likeness (QED) is 0.861. The van der Waals surface area contributed by atoms with E-state index in [-0.39, 0.29) is 29.7 Å². The minimum absolute atomic E-state index is 0.00729. The fourth-order valence-corrected chi connectivity index (χ4v) is 4.13. The third-order valence-corrected chi connectivity index (χ3v) is 5.91. The van der Waals surface area contributed by atoms with Crippen molar-refractivity contribution >= 4 is 11.8 Å². The Morgan fingerprint density at radius 3 is 2.44 bits per heavy atom. The fourth-order valence-electron chi connectivity index (χ4n) is 4.13. The van der Waals surface area contributed by atoms with Crippen molar-refractivity contribution in [2.75, 3.05) is 19.8 Å². The molecule has 1 N–H and O–H groups in total. The molecule has 4 nitrogen and oxygen atoms in total. The van der Waals surface area contributed by atoms with Gasteiger partial charge in [-0.2, -0.15) is 0 Å². The molecule has 1 aromatic rings. The summed E-state index contributed by atoms with van der Waals surface area (Å²) in [5.74, 6) is 0.0315. The van der Waals surface area contributed by atoms with Gasteiger partial charge in [-0.15, -0.1) is 0 Å². The molecule has 1 saturated carbocycles. The number of rotatable bonds is 6. The Bertz CT molecular complexity index is 597. The van der Waals surface area contributed by atoms with Crippen LogP contribution in [0, 0.1) is 5.41 Å². The number of carbonyl (C=O) groups is 2. The van der Waals surface area contributed by atoms with Crippen LogP contribution in [0.1, 0.15) is 44.1 Å². The highest BCUT2D eigenvalue weighted by Crippen LogP contribution is 2.49. The van der Waals surface area contributed by atoms with E-state index in [9.17, 15) is 14.0 Å². The number of benzene rings is 1. The Hall–Kier alpha value is -1.91. The van der Waals surface area contributed by atoms with Crippen LogP contribution in [-0.2, 0) is 16.0 Å². The van der Waals surface area contributed by atoms with Gasteiger partial charge in [0.1, 0.15) is 0 Å². The highest BCUT2D eigenvalue weighted by atomic mass is 19.1. The predicted octanol–water partition coefficient (Wildman–Crippen LogP) is 2.87. The number of piperidine rings is 1. The number of likely N-dealkylation sites (tertiary alicyclic amines) is 1. The summed E-state index contributed by atoms with van der Waals surface area (Å²) < 4.78 is 12.3. The number of alkyl halides is 1. The van der Waals surface area contributed by atoms with Gasteiger partial charge in [0, 0.05) is 25.6 Å².